The molecule has 120 valence electrons. The highest BCUT2D eigenvalue weighted by molar-refractivity contribution is 6.33. The Balaban J connectivity index is 0.000000464. The number of hydrogen-bond acceptors (Lipinski definition) is 0. The fraction of sp³-hybridized carbons (Fsp3) is 0.300. The molecule has 0 spiro atoms. The first kappa shape index (κ1) is 20.6. The lowest BCUT2D eigenvalue weighted by molar-refractivity contribution is 1.45. The zero-order chi connectivity index (χ0) is 16.6. The van der Waals surface area contributed by atoms with Gasteiger partial charge in [-0.15, -0.1) is 0 Å². The first-order valence-electron chi connectivity index (χ1n) is 8.50. The molecule has 0 aliphatic rings. The summed E-state index contributed by atoms with van der Waals surface area (Å²) in [4.78, 5) is 0. The Morgan fingerprint density at radius 1 is 0.727 bits per heavy atom. The third kappa shape index (κ3) is 9.53. The lowest BCUT2D eigenvalue weighted by Crippen LogP contribution is -1.84. The van der Waals surface area contributed by atoms with Crippen molar-refractivity contribution in [2.75, 3.05) is 0 Å². The smallest absolute Gasteiger partial charge is 0.0163 e. The van der Waals surface area contributed by atoms with Crippen LogP contribution in [0.5, 0.6) is 0 Å². The van der Waals surface area contributed by atoms with Gasteiger partial charge in [0.1, 0.15) is 0 Å². The summed E-state index contributed by atoms with van der Waals surface area (Å²) >= 11 is 0. The van der Waals surface area contributed by atoms with Crippen LogP contribution in [0.4, 0.5) is 0 Å². The molecule has 0 unspecified atom stereocenters. The molecule has 0 saturated carbocycles. The minimum atomic E-state index is 0.424. The van der Waals surface area contributed by atoms with Crippen molar-refractivity contribution in [3.8, 4) is 0 Å². The zero-order valence-electron chi connectivity index (χ0n) is 14.8. The Labute approximate surface area is 142 Å². The highest BCUT2D eigenvalue weighted by Crippen LogP contribution is 2.20. The molecular weight excluding hydrogens is 296 g/mol. The predicted molar refractivity (Wildman–Crippen MR) is 111 cm³/mol. The van der Waals surface area contributed by atoms with Gasteiger partial charge in [-0.2, -0.15) is 0 Å². The standard InChI is InChI=1S/C14H12.2C3H10Si/c1-12(13-8-4-2-5-9-13)14-10-6-3-7-11-14;2*1-3-4-2/h2-11H,1H2;2*3-4H2,1-2H3. The van der Waals surface area contributed by atoms with E-state index in [1.807, 2.05) is 36.4 Å². The van der Waals surface area contributed by atoms with Gasteiger partial charge in [0.05, 0.1) is 0 Å². The Morgan fingerprint density at radius 2 is 1.00 bits per heavy atom. The first-order chi connectivity index (χ1) is 10.7. The molecular formula is C20H32Si2. The third-order valence-electron chi connectivity index (χ3n) is 3.24. The summed E-state index contributed by atoms with van der Waals surface area (Å²) in [6.45, 7) is 13.2. The highest BCUT2D eigenvalue weighted by atomic mass is 28.2. The quantitative estimate of drug-likeness (QED) is 0.690. The second-order valence-corrected chi connectivity index (χ2v) is 9.21. The van der Waals surface area contributed by atoms with Crippen LogP contribution >= 0.6 is 0 Å². The monoisotopic (exact) mass is 328 g/mol. The molecule has 0 amide bonds. The van der Waals surface area contributed by atoms with Gasteiger partial charge in [-0.05, 0) is 16.7 Å². The molecule has 0 bridgehead atoms. The molecule has 2 rings (SSSR count). The van der Waals surface area contributed by atoms with E-state index in [2.05, 4.69) is 57.8 Å². The van der Waals surface area contributed by atoms with E-state index in [1.54, 1.807) is 0 Å². The van der Waals surface area contributed by atoms with Crippen LogP contribution in [0.3, 0.4) is 0 Å². The summed E-state index contributed by atoms with van der Waals surface area (Å²) in [6.07, 6.45) is 0. The van der Waals surface area contributed by atoms with Crippen molar-refractivity contribution in [2.45, 2.75) is 39.0 Å². The zero-order valence-corrected chi connectivity index (χ0v) is 17.6. The minimum absolute atomic E-state index is 0.424. The molecule has 0 N–H and O–H groups in total. The number of rotatable bonds is 4. The Hall–Kier alpha value is -1.39. The SMILES string of the molecule is C=C(c1ccccc1)c1ccccc1.CC[SiH2]C.CC[SiH2]C. The third-order valence-corrected chi connectivity index (χ3v) is 5.24. The lowest BCUT2D eigenvalue weighted by Gasteiger charge is -2.04. The van der Waals surface area contributed by atoms with Crippen molar-refractivity contribution in [1.29, 1.82) is 0 Å². The lowest BCUT2D eigenvalue weighted by atomic mass is 10.0. The Bertz CT molecular complexity index is 428. The summed E-state index contributed by atoms with van der Waals surface area (Å²) in [5, 5.41) is 0. The molecule has 0 fully saturated rings. The normalized spacial score (nSPS) is 10.0. The summed E-state index contributed by atoms with van der Waals surface area (Å²) in [5.74, 6) is 0. The van der Waals surface area contributed by atoms with Gasteiger partial charge in [0.25, 0.3) is 0 Å². The molecule has 2 aromatic carbocycles. The molecule has 0 aromatic heterocycles. The van der Waals surface area contributed by atoms with Crippen molar-refractivity contribution in [2.24, 2.45) is 0 Å². The maximum atomic E-state index is 4.10. The molecule has 2 heteroatoms. The summed E-state index contributed by atoms with van der Waals surface area (Å²) < 4.78 is 0. The van der Waals surface area contributed by atoms with Crippen LogP contribution in [0.2, 0.25) is 25.2 Å². The molecule has 0 nitrogen and oxygen atoms in total. The summed E-state index contributed by atoms with van der Waals surface area (Å²) in [5.41, 5.74) is 3.43. The number of benzene rings is 2. The van der Waals surface area contributed by atoms with Gasteiger partial charge in [-0.1, -0.05) is 106 Å². The van der Waals surface area contributed by atoms with E-state index in [-0.39, 0.29) is 0 Å². The minimum Gasteiger partial charge on any atom is -0.0906 e. The van der Waals surface area contributed by atoms with Gasteiger partial charge in [0.2, 0.25) is 0 Å². The Kier molecular flexibility index (Phi) is 13.6. The number of hydrogen-bond donors (Lipinski definition) is 0. The molecule has 2 aromatic rings. The van der Waals surface area contributed by atoms with Crippen molar-refractivity contribution in [3.05, 3.63) is 78.4 Å². The van der Waals surface area contributed by atoms with Crippen molar-refractivity contribution < 1.29 is 0 Å². The molecule has 0 aliphatic heterocycles. The van der Waals surface area contributed by atoms with Gasteiger partial charge in [-0.25, -0.2) is 0 Å². The van der Waals surface area contributed by atoms with Crippen LogP contribution in [0.25, 0.3) is 5.57 Å². The van der Waals surface area contributed by atoms with E-state index in [4.69, 9.17) is 0 Å². The van der Waals surface area contributed by atoms with Crippen LogP contribution in [0.1, 0.15) is 25.0 Å². The van der Waals surface area contributed by atoms with Crippen LogP contribution in [0.15, 0.2) is 67.2 Å². The van der Waals surface area contributed by atoms with Crippen LogP contribution < -0.4 is 0 Å². The molecule has 0 aliphatic carbocycles. The first-order valence-corrected chi connectivity index (χ1v) is 13.3. The Morgan fingerprint density at radius 3 is 1.23 bits per heavy atom. The van der Waals surface area contributed by atoms with Crippen LogP contribution in [-0.2, 0) is 0 Å². The van der Waals surface area contributed by atoms with Gasteiger partial charge >= 0.3 is 0 Å². The van der Waals surface area contributed by atoms with E-state index >= 15 is 0 Å². The highest BCUT2D eigenvalue weighted by Gasteiger charge is 1.99. The molecule has 0 saturated heterocycles. The van der Waals surface area contributed by atoms with Crippen LogP contribution in [0, 0.1) is 0 Å². The van der Waals surface area contributed by atoms with Crippen molar-refractivity contribution >= 4 is 24.6 Å². The van der Waals surface area contributed by atoms with E-state index < -0.39 is 0 Å². The van der Waals surface area contributed by atoms with Crippen molar-refractivity contribution in [3.63, 3.8) is 0 Å². The molecule has 22 heavy (non-hydrogen) atoms. The second-order valence-electron chi connectivity index (χ2n) is 5.21. The fourth-order valence-corrected chi connectivity index (χ4v) is 1.45. The van der Waals surface area contributed by atoms with E-state index in [0.29, 0.717) is 19.0 Å². The van der Waals surface area contributed by atoms with Gasteiger partial charge < -0.3 is 0 Å². The van der Waals surface area contributed by atoms with Crippen LogP contribution in [-0.4, -0.2) is 19.0 Å². The van der Waals surface area contributed by atoms with E-state index in [0.717, 1.165) is 5.57 Å². The average Bonchev–Trinajstić information content (AvgIpc) is 2.63. The van der Waals surface area contributed by atoms with Gasteiger partial charge in [-0.3, -0.25) is 0 Å². The largest absolute Gasteiger partial charge is 0.0906 e. The fourth-order valence-electron chi connectivity index (χ4n) is 1.45. The second kappa shape index (κ2) is 14.5. The molecule has 0 heterocycles. The molecule has 0 atom stereocenters. The van der Waals surface area contributed by atoms with Gasteiger partial charge in [0.15, 0.2) is 0 Å². The topological polar surface area (TPSA) is 0 Å². The van der Waals surface area contributed by atoms with Crippen molar-refractivity contribution in [1.82, 2.24) is 0 Å². The molecule has 0 radical (unpaired) electrons. The van der Waals surface area contributed by atoms with E-state index in [1.165, 1.54) is 23.2 Å². The summed E-state index contributed by atoms with van der Waals surface area (Å²) in [6, 6.07) is 23.4. The maximum absolute atomic E-state index is 4.10. The average molecular weight is 329 g/mol. The maximum Gasteiger partial charge on any atom is 0.0163 e. The summed E-state index contributed by atoms with van der Waals surface area (Å²) in [7, 11) is 0.849. The van der Waals surface area contributed by atoms with Gasteiger partial charge in [0, 0.05) is 19.0 Å². The van der Waals surface area contributed by atoms with E-state index in [9.17, 15) is 0 Å². The predicted octanol–water partition coefficient (Wildman–Crippen LogP) is 5.03.